The number of aromatic nitrogens is 4. The Hall–Kier alpha value is -2.69. The summed E-state index contributed by atoms with van der Waals surface area (Å²) in [5, 5.41) is 4.30. The van der Waals surface area contributed by atoms with Gasteiger partial charge in [0.25, 0.3) is 5.56 Å². The molecule has 0 radical (unpaired) electrons. The smallest absolute Gasteiger partial charge is 0.251 e. The summed E-state index contributed by atoms with van der Waals surface area (Å²) in [6, 6.07) is 11.6. The molecule has 0 spiro atoms. The van der Waals surface area contributed by atoms with E-state index in [1.54, 1.807) is 13.1 Å². The van der Waals surface area contributed by atoms with Crippen molar-refractivity contribution in [3.05, 3.63) is 70.4 Å². The molecule has 0 aliphatic heterocycles. The number of nitrogens with zero attached hydrogens (tertiary/aromatic N) is 3. The van der Waals surface area contributed by atoms with Crippen LogP contribution in [0.2, 0.25) is 0 Å². The number of aryl methyl sites for hydroxylation is 1. The van der Waals surface area contributed by atoms with Gasteiger partial charge in [0.05, 0.1) is 18.3 Å². The zero-order valence-electron chi connectivity index (χ0n) is 11.1. The van der Waals surface area contributed by atoms with E-state index < -0.39 is 0 Å². The summed E-state index contributed by atoms with van der Waals surface area (Å²) in [6.07, 6.45) is 3.59. The first-order valence-corrected chi connectivity index (χ1v) is 6.35. The van der Waals surface area contributed by atoms with Gasteiger partial charge in [0.15, 0.2) is 0 Å². The van der Waals surface area contributed by atoms with Crippen LogP contribution in [0.25, 0.3) is 11.4 Å². The Labute approximate surface area is 115 Å². The molecule has 100 valence electrons. The van der Waals surface area contributed by atoms with Gasteiger partial charge in [0.2, 0.25) is 0 Å². The van der Waals surface area contributed by atoms with Crippen molar-refractivity contribution in [2.45, 2.75) is 13.5 Å². The van der Waals surface area contributed by atoms with E-state index >= 15 is 0 Å². The lowest BCUT2D eigenvalue weighted by Gasteiger charge is -2.01. The van der Waals surface area contributed by atoms with Gasteiger partial charge in [-0.3, -0.25) is 9.48 Å². The van der Waals surface area contributed by atoms with E-state index in [2.05, 4.69) is 15.1 Å². The van der Waals surface area contributed by atoms with Crippen LogP contribution in [0.3, 0.4) is 0 Å². The average molecular weight is 266 g/mol. The lowest BCUT2D eigenvalue weighted by molar-refractivity contribution is 0.687. The summed E-state index contributed by atoms with van der Waals surface area (Å²) in [5.41, 5.74) is 2.53. The van der Waals surface area contributed by atoms with Gasteiger partial charge in [-0.25, -0.2) is 4.98 Å². The lowest BCUT2D eigenvalue weighted by atomic mass is 10.2. The fourth-order valence-electron chi connectivity index (χ4n) is 2.06. The zero-order valence-corrected chi connectivity index (χ0v) is 11.1. The van der Waals surface area contributed by atoms with Crippen LogP contribution >= 0.6 is 0 Å². The molecule has 20 heavy (non-hydrogen) atoms. The summed E-state index contributed by atoms with van der Waals surface area (Å²) < 4.78 is 1.83. The van der Waals surface area contributed by atoms with Crippen LogP contribution in [0.1, 0.15) is 11.3 Å². The molecular formula is C15H14N4O. The number of hydrogen-bond acceptors (Lipinski definition) is 3. The Morgan fingerprint density at radius 1 is 1.25 bits per heavy atom. The summed E-state index contributed by atoms with van der Waals surface area (Å²) in [4.78, 5) is 18.5. The molecule has 5 heteroatoms. The number of hydrogen-bond donors (Lipinski definition) is 1. The Morgan fingerprint density at radius 2 is 2.05 bits per heavy atom. The van der Waals surface area contributed by atoms with Crippen LogP contribution in [0.5, 0.6) is 0 Å². The van der Waals surface area contributed by atoms with E-state index in [0.717, 1.165) is 5.56 Å². The third kappa shape index (κ3) is 2.66. The van der Waals surface area contributed by atoms with Crippen LogP contribution in [0.4, 0.5) is 0 Å². The maximum Gasteiger partial charge on any atom is 0.251 e. The quantitative estimate of drug-likeness (QED) is 0.788. The van der Waals surface area contributed by atoms with Crippen molar-refractivity contribution in [3.63, 3.8) is 0 Å². The topological polar surface area (TPSA) is 63.6 Å². The monoisotopic (exact) mass is 266 g/mol. The molecule has 0 aliphatic rings. The maximum absolute atomic E-state index is 11.5. The lowest BCUT2D eigenvalue weighted by Crippen LogP contribution is -2.08. The van der Waals surface area contributed by atoms with Gasteiger partial charge in [-0.05, 0) is 12.5 Å². The molecule has 0 atom stereocenters. The first kappa shape index (κ1) is 12.3. The van der Waals surface area contributed by atoms with Gasteiger partial charge in [0.1, 0.15) is 5.82 Å². The highest BCUT2D eigenvalue weighted by Crippen LogP contribution is 2.13. The van der Waals surface area contributed by atoms with Crippen molar-refractivity contribution in [3.8, 4) is 11.4 Å². The minimum Gasteiger partial charge on any atom is -0.306 e. The van der Waals surface area contributed by atoms with Crippen LogP contribution in [-0.4, -0.2) is 19.7 Å². The second kappa shape index (κ2) is 5.13. The van der Waals surface area contributed by atoms with Crippen molar-refractivity contribution in [1.29, 1.82) is 0 Å². The van der Waals surface area contributed by atoms with Gasteiger partial charge in [-0.2, -0.15) is 5.10 Å². The number of aromatic amines is 1. The van der Waals surface area contributed by atoms with Crippen LogP contribution < -0.4 is 5.56 Å². The molecular weight excluding hydrogens is 252 g/mol. The predicted octanol–water partition coefficient (Wildman–Crippen LogP) is 1.99. The first-order chi connectivity index (χ1) is 9.70. The predicted molar refractivity (Wildman–Crippen MR) is 76.4 cm³/mol. The summed E-state index contributed by atoms with van der Waals surface area (Å²) in [7, 11) is 0. The number of rotatable bonds is 3. The molecule has 0 saturated heterocycles. The van der Waals surface area contributed by atoms with Crippen molar-refractivity contribution in [1.82, 2.24) is 19.7 Å². The maximum atomic E-state index is 11.5. The Kier molecular flexibility index (Phi) is 3.16. The van der Waals surface area contributed by atoms with Crippen LogP contribution in [0.15, 0.2) is 53.6 Å². The minimum absolute atomic E-state index is 0.150. The molecule has 0 unspecified atom stereocenters. The number of nitrogens with one attached hydrogen (secondary N) is 1. The van der Waals surface area contributed by atoms with Gasteiger partial charge in [0, 0.05) is 18.0 Å². The highest BCUT2D eigenvalue weighted by molar-refractivity contribution is 5.51. The van der Waals surface area contributed by atoms with E-state index in [-0.39, 0.29) is 5.56 Å². The van der Waals surface area contributed by atoms with Gasteiger partial charge in [-0.15, -0.1) is 0 Å². The molecule has 1 aromatic carbocycles. The van der Waals surface area contributed by atoms with Crippen molar-refractivity contribution < 1.29 is 0 Å². The van der Waals surface area contributed by atoms with Crippen molar-refractivity contribution in [2.24, 2.45) is 0 Å². The Morgan fingerprint density at radius 3 is 2.80 bits per heavy atom. The summed E-state index contributed by atoms with van der Waals surface area (Å²) >= 11 is 0. The highest BCUT2D eigenvalue weighted by atomic mass is 16.1. The number of H-pyrrole nitrogens is 1. The SMILES string of the molecule is Cc1cc(=O)[nH]c(-c2cnn(Cc3ccccc3)c2)n1. The zero-order chi connectivity index (χ0) is 13.9. The molecule has 0 aliphatic carbocycles. The van der Waals surface area contributed by atoms with E-state index in [1.165, 1.54) is 11.6 Å². The van der Waals surface area contributed by atoms with Gasteiger partial charge < -0.3 is 4.98 Å². The van der Waals surface area contributed by atoms with E-state index in [9.17, 15) is 4.79 Å². The third-order valence-corrected chi connectivity index (χ3v) is 2.96. The first-order valence-electron chi connectivity index (χ1n) is 6.35. The standard InChI is InChI=1S/C15H14N4O/c1-11-7-14(20)18-15(17-11)13-8-16-19(10-13)9-12-5-3-2-4-6-12/h2-8,10H,9H2,1H3,(H,17,18,20). The van der Waals surface area contributed by atoms with E-state index in [0.29, 0.717) is 18.1 Å². The van der Waals surface area contributed by atoms with Crippen molar-refractivity contribution in [2.75, 3.05) is 0 Å². The molecule has 1 N–H and O–H groups in total. The second-order valence-corrected chi connectivity index (χ2v) is 4.65. The van der Waals surface area contributed by atoms with Crippen molar-refractivity contribution >= 4 is 0 Å². The fraction of sp³-hybridized carbons (Fsp3) is 0.133. The second-order valence-electron chi connectivity index (χ2n) is 4.65. The van der Waals surface area contributed by atoms with Crippen LogP contribution in [0, 0.1) is 6.92 Å². The largest absolute Gasteiger partial charge is 0.306 e. The van der Waals surface area contributed by atoms with Crippen LogP contribution in [-0.2, 0) is 6.54 Å². The molecule has 0 saturated carbocycles. The Bertz CT molecular complexity index is 774. The van der Waals surface area contributed by atoms with E-state index in [4.69, 9.17) is 0 Å². The average Bonchev–Trinajstić information content (AvgIpc) is 2.87. The molecule has 3 aromatic rings. The molecule has 3 rings (SSSR count). The molecule has 2 heterocycles. The fourth-order valence-corrected chi connectivity index (χ4v) is 2.06. The highest BCUT2D eigenvalue weighted by Gasteiger charge is 2.05. The summed E-state index contributed by atoms with van der Waals surface area (Å²) in [5.74, 6) is 0.550. The molecule has 0 fully saturated rings. The van der Waals surface area contributed by atoms with Gasteiger partial charge >= 0.3 is 0 Å². The molecule has 2 aromatic heterocycles. The van der Waals surface area contributed by atoms with E-state index in [1.807, 2.05) is 41.2 Å². The molecule has 0 bridgehead atoms. The molecule has 5 nitrogen and oxygen atoms in total. The summed E-state index contributed by atoms with van der Waals surface area (Å²) in [6.45, 7) is 2.49. The number of benzene rings is 1. The third-order valence-electron chi connectivity index (χ3n) is 2.96. The Balaban J connectivity index is 1.88. The van der Waals surface area contributed by atoms with Gasteiger partial charge in [-0.1, -0.05) is 30.3 Å². The normalized spacial score (nSPS) is 10.7. The minimum atomic E-state index is -0.150. The molecule has 0 amide bonds.